The fourth-order valence-corrected chi connectivity index (χ4v) is 6.81. The van der Waals surface area contributed by atoms with Gasteiger partial charge in [-0.1, -0.05) is 29.8 Å². The SMILES string of the molecule is CCOC(=O)c1[nH]c2ccc(OC)cc2c1[C@@H](SCC(=O)N1CCN(c2ccc([N+](=O)[O-])cc2)CC1)c1ccccc1Cl. The number of thioether (sulfide) groups is 1. The van der Waals surface area contributed by atoms with Crippen LogP contribution in [-0.4, -0.2) is 72.3 Å². The first-order valence-electron chi connectivity index (χ1n) is 13.8. The van der Waals surface area contributed by atoms with Gasteiger partial charge in [-0.05, 0) is 48.9 Å². The summed E-state index contributed by atoms with van der Waals surface area (Å²) in [6, 6.07) is 19.4. The van der Waals surface area contributed by atoms with Crippen molar-refractivity contribution in [2.75, 3.05) is 50.5 Å². The van der Waals surface area contributed by atoms with Gasteiger partial charge in [-0.25, -0.2) is 4.79 Å². The van der Waals surface area contributed by atoms with Gasteiger partial charge in [-0.3, -0.25) is 14.9 Å². The summed E-state index contributed by atoms with van der Waals surface area (Å²) in [5.74, 6) is 0.277. The molecule has 0 saturated carbocycles. The molecule has 12 heteroatoms. The number of hydrogen-bond acceptors (Lipinski definition) is 8. The van der Waals surface area contributed by atoms with Gasteiger partial charge in [0.15, 0.2) is 0 Å². The van der Waals surface area contributed by atoms with E-state index in [1.807, 2.05) is 41.3 Å². The molecule has 2 heterocycles. The molecule has 1 atom stereocenters. The Morgan fingerprint density at radius 2 is 1.79 bits per heavy atom. The zero-order valence-corrected chi connectivity index (χ0v) is 25.3. The van der Waals surface area contributed by atoms with Crippen LogP contribution in [0.25, 0.3) is 10.9 Å². The van der Waals surface area contributed by atoms with Crippen LogP contribution in [0.2, 0.25) is 5.02 Å². The van der Waals surface area contributed by atoms with E-state index in [0.29, 0.717) is 48.2 Å². The van der Waals surface area contributed by atoms with Crippen LogP contribution in [0.4, 0.5) is 11.4 Å². The standard InChI is InChI=1S/C31H31ClN4O6S/c1-3-42-31(38)29-28(24-18-22(41-2)12-13-26(24)33-29)30(23-6-4-5-7-25(23)32)43-19-27(37)35-16-14-34(15-17-35)20-8-10-21(11-9-20)36(39)40/h4-13,18,30,33H,3,14-17,19H2,1-2H3/t30-/m0/s1. The molecule has 1 amide bonds. The maximum atomic E-state index is 13.5. The predicted octanol–water partition coefficient (Wildman–Crippen LogP) is 6.09. The predicted molar refractivity (Wildman–Crippen MR) is 168 cm³/mol. The minimum atomic E-state index is -0.487. The van der Waals surface area contributed by atoms with Crippen molar-refractivity contribution in [2.24, 2.45) is 0 Å². The minimum absolute atomic E-state index is 0.0273. The number of aromatic amines is 1. The summed E-state index contributed by atoms with van der Waals surface area (Å²) in [6.07, 6.45) is 0. The van der Waals surface area contributed by atoms with Gasteiger partial charge in [0.25, 0.3) is 5.69 Å². The molecular formula is C31H31ClN4O6S. The van der Waals surface area contributed by atoms with Crippen LogP contribution in [-0.2, 0) is 9.53 Å². The summed E-state index contributed by atoms with van der Waals surface area (Å²) >= 11 is 8.11. The van der Waals surface area contributed by atoms with E-state index in [1.54, 1.807) is 32.2 Å². The second-order valence-electron chi connectivity index (χ2n) is 9.90. The number of anilines is 1. The molecule has 5 rings (SSSR count). The number of nitrogens with one attached hydrogen (secondary N) is 1. The van der Waals surface area contributed by atoms with E-state index < -0.39 is 16.1 Å². The van der Waals surface area contributed by atoms with E-state index in [-0.39, 0.29) is 24.0 Å². The van der Waals surface area contributed by atoms with Crippen molar-refractivity contribution in [3.8, 4) is 5.75 Å². The van der Waals surface area contributed by atoms with Crippen molar-refractivity contribution in [3.63, 3.8) is 0 Å². The number of carbonyl (C=O) groups excluding carboxylic acids is 2. The number of non-ortho nitro benzene ring substituents is 1. The summed E-state index contributed by atoms with van der Waals surface area (Å²) < 4.78 is 10.9. The van der Waals surface area contributed by atoms with E-state index in [0.717, 1.165) is 22.2 Å². The summed E-state index contributed by atoms with van der Waals surface area (Å²) in [7, 11) is 1.58. The normalized spacial score (nSPS) is 14.0. The Balaban J connectivity index is 1.39. The highest BCUT2D eigenvalue weighted by Crippen LogP contribution is 2.44. The van der Waals surface area contributed by atoms with Gasteiger partial charge in [0, 0.05) is 65.5 Å². The molecule has 3 aromatic carbocycles. The molecule has 1 aliphatic heterocycles. The number of ether oxygens (including phenoxy) is 2. The Bertz CT molecular complexity index is 1640. The highest BCUT2D eigenvalue weighted by molar-refractivity contribution is 8.00. The number of aromatic nitrogens is 1. The van der Waals surface area contributed by atoms with Gasteiger partial charge >= 0.3 is 5.97 Å². The molecule has 0 bridgehead atoms. The molecule has 0 spiro atoms. The molecule has 1 fully saturated rings. The highest BCUT2D eigenvalue weighted by Gasteiger charge is 2.30. The number of halogens is 1. The Morgan fingerprint density at radius 1 is 1.07 bits per heavy atom. The number of carbonyl (C=O) groups is 2. The monoisotopic (exact) mass is 622 g/mol. The number of nitrogens with zero attached hydrogens (tertiary/aromatic N) is 3. The molecule has 4 aromatic rings. The Kier molecular flexibility index (Phi) is 9.42. The van der Waals surface area contributed by atoms with E-state index in [2.05, 4.69) is 9.88 Å². The average molecular weight is 623 g/mol. The van der Waals surface area contributed by atoms with Gasteiger partial charge < -0.3 is 24.3 Å². The van der Waals surface area contributed by atoms with Crippen molar-refractivity contribution < 1.29 is 24.0 Å². The van der Waals surface area contributed by atoms with Gasteiger partial charge in [0.05, 0.1) is 29.6 Å². The summed E-state index contributed by atoms with van der Waals surface area (Å²) in [6.45, 7) is 4.22. The quantitative estimate of drug-likeness (QED) is 0.128. The molecule has 1 saturated heterocycles. The van der Waals surface area contributed by atoms with Gasteiger partial charge in [0.2, 0.25) is 5.91 Å². The van der Waals surface area contributed by atoms with E-state index in [1.165, 1.54) is 23.9 Å². The average Bonchev–Trinajstić information content (AvgIpc) is 3.41. The van der Waals surface area contributed by atoms with Gasteiger partial charge in [0.1, 0.15) is 11.4 Å². The van der Waals surface area contributed by atoms with Crippen LogP contribution in [0.1, 0.15) is 33.8 Å². The number of benzene rings is 3. The third kappa shape index (κ3) is 6.57. The first kappa shape index (κ1) is 30.2. The molecular weight excluding hydrogens is 592 g/mol. The molecule has 43 heavy (non-hydrogen) atoms. The Hall–Kier alpha value is -4.22. The van der Waals surface area contributed by atoms with E-state index >= 15 is 0 Å². The third-order valence-electron chi connectivity index (χ3n) is 7.41. The van der Waals surface area contributed by atoms with Crippen LogP contribution in [0.15, 0.2) is 66.7 Å². The number of esters is 1. The lowest BCUT2D eigenvalue weighted by molar-refractivity contribution is -0.384. The number of hydrogen-bond donors (Lipinski definition) is 1. The number of amides is 1. The van der Waals surface area contributed by atoms with Crippen molar-refractivity contribution in [2.45, 2.75) is 12.2 Å². The second-order valence-corrected chi connectivity index (χ2v) is 11.4. The van der Waals surface area contributed by atoms with Crippen LogP contribution in [0, 0.1) is 10.1 Å². The number of H-pyrrole nitrogens is 1. The largest absolute Gasteiger partial charge is 0.497 e. The molecule has 1 N–H and O–H groups in total. The number of rotatable bonds is 10. The van der Waals surface area contributed by atoms with Crippen molar-refractivity contribution in [1.29, 1.82) is 0 Å². The van der Waals surface area contributed by atoms with Crippen molar-refractivity contribution >= 4 is 57.5 Å². The second kappa shape index (κ2) is 13.4. The highest BCUT2D eigenvalue weighted by atomic mass is 35.5. The lowest BCUT2D eigenvalue weighted by Gasteiger charge is -2.36. The fraction of sp³-hybridized carbons (Fsp3) is 0.290. The van der Waals surface area contributed by atoms with Crippen LogP contribution >= 0.6 is 23.4 Å². The number of nitro groups is 1. The number of piperazine rings is 1. The number of fused-ring (bicyclic) bond motifs is 1. The summed E-state index contributed by atoms with van der Waals surface area (Å²) in [4.78, 5) is 44.4. The molecule has 0 radical (unpaired) electrons. The lowest BCUT2D eigenvalue weighted by atomic mass is 10.0. The zero-order chi connectivity index (χ0) is 30.5. The topological polar surface area (TPSA) is 118 Å². The molecule has 0 unspecified atom stereocenters. The Labute approximate surface area is 258 Å². The number of methoxy groups -OCH3 is 1. The van der Waals surface area contributed by atoms with Crippen molar-refractivity contribution in [1.82, 2.24) is 9.88 Å². The summed E-state index contributed by atoms with van der Waals surface area (Å²) in [5.41, 5.74) is 3.44. The Morgan fingerprint density at radius 3 is 2.44 bits per heavy atom. The first-order valence-corrected chi connectivity index (χ1v) is 15.2. The molecule has 224 valence electrons. The maximum absolute atomic E-state index is 13.5. The van der Waals surface area contributed by atoms with Gasteiger partial charge in [-0.2, -0.15) is 0 Å². The molecule has 10 nitrogen and oxygen atoms in total. The van der Waals surface area contributed by atoms with Crippen molar-refractivity contribution in [3.05, 3.63) is 98.7 Å². The fourth-order valence-electron chi connectivity index (χ4n) is 5.22. The zero-order valence-electron chi connectivity index (χ0n) is 23.7. The first-order chi connectivity index (χ1) is 20.8. The summed E-state index contributed by atoms with van der Waals surface area (Å²) in [5, 5.41) is 11.8. The smallest absolute Gasteiger partial charge is 0.355 e. The van der Waals surface area contributed by atoms with Crippen LogP contribution in [0.3, 0.4) is 0 Å². The van der Waals surface area contributed by atoms with Crippen LogP contribution < -0.4 is 9.64 Å². The molecule has 1 aliphatic rings. The number of nitro benzene ring substituents is 1. The van der Waals surface area contributed by atoms with Gasteiger partial charge in [-0.15, -0.1) is 11.8 Å². The molecule has 1 aromatic heterocycles. The minimum Gasteiger partial charge on any atom is -0.497 e. The maximum Gasteiger partial charge on any atom is 0.355 e. The van der Waals surface area contributed by atoms with Crippen LogP contribution in [0.5, 0.6) is 5.75 Å². The van der Waals surface area contributed by atoms with E-state index in [4.69, 9.17) is 21.1 Å². The third-order valence-corrected chi connectivity index (χ3v) is 8.99. The molecule has 0 aliphatic carbocycles. The van der Waals surface area contributed by atoms with E-state index in [9.17, 15) is 19.7 Å². The lowest BCUT2D eigenvalue weighted by Crippen LogP contribution is -2.49.